The quantitative estimate of drug-likeness (QED) is 0.846. The van der Waals surface area contributed by atoms with Crippen LogP contribution in [0.25, 0.3) is 10.9 Å². The molecule has 2 rings (SSSR count). The van der Waals surface area contributed by atoms with Gasteiger partial charge in [-0.25, -0.2) is 0 Å². The van der Waals surface area contributed by atoms with E-state index in [2.05, 4.69) is 18.0 Å². The summed E-state index contributed by atoms with van der Waals surface area (Å²) in [6.45, 7) is 2.19. The van der Waals surface area contributed by atoms with Crippen molar-refractivity contribution in [1.29, 1.82) is 0 Å². The Hall–Kier alpha value is -1.41. The fourth-order valence-corrected chi connectivity index (χ4v) is 2.02. The molecule has 0 amide bonds. The second-order valence-electron chi connectivity index (χ2n) is 4.17. The maximum absolute atomic E-state index is 6.22. The van der Waals surface area contributed by atoms with Crippen LogP contribution >= 0.6 is 0 Å². The van der Waals surface area contributed by atoms with Gasteiger partial charge in [0.15, 0.2) is 0 Å². The van der Waals surface area contributed by atoms with Crippen LogP contribution in [0.5, 0.6) is 0 Å². The highest BCUT2D eigenvalue weighted by molar-refractivity contribution is 5.82. The molecule has 2 heteroatoms. The molecule has 1 aromatic heterocycles. The molecular formula is C14H18N2. The third kappa shape index (κ3) is 2.22. The molecule has 2 N–H and O–H groups in total. The predicted molar refractivity (Wildman–Crippen MR) is 68.2 cm³/mol. The Bertz CT molecular complexity index is 460. The van der Waals surface area contributed by atoms with Gasteiger partial charge >= 0.3 is 0 Å². The van der Waals surface area contributed by atoms with E-state index >= 15 is 0 Å². The van der Waals surface area contributed by atoms with Gasteiger partial charge in [0.05, 0.1) is 5.52 Å². The summed E-state index contributed by atoms with van der Waals surface area (Å²) in [7, 11) is 0. The van der Waals surface area contributed by atoms with Crippen LogP contribution in [0.4, 0.5) is 0 Å². The molecule has 0 saturated heterocycles. The van der Waals surface area contributed by atoms with Gasteiger partial charge in [-0.3, -0.25) is 4.98 Å². The van der Waals surface area contributed by atoms with E-state index < -0.39 is 0 Å². The van der Waals surface area contributed by atoms with Crippen molar-refractivity contribution in [3.63, 3.8) is 0 Å². The SMILES string of the molecule is CCCC[C@H](N)c1ccnc2ccccc12. The lowest BCUT2D eigenvalue weighted by Gasteiger charge is -2.13. The molecule has 84 valence electrons. The van der Waals surface area contributed by atoms with Crippen LogP contribution in [-0.4, -0.2) is 4.98 Å². The topological polar surface area (TPSA) is 38.9 Å². The number of pyridine rings is 1. The highest BCUT2D eigenvalue weighted by atomic mass is 14.7. The summed E-state index contributed by atoms with van der Waals surface area (Å²) in [6, 6.07) is 10.4. The highest BCUT2D eigenvalue weighted by Gasteiger charge is 2.09. The van der Waals surface area contributed by atoms with Crippen LogP contribution in [0, 0.1) is 0 Å². The Labute approximate surface area is 96.5 Å². The molecule has 2 aromatic rings. The van der Waals surface area contributed by atoms with Crippen molar-refractivity contribution in [2.24, 2.45) is 5.73 Å². The van der Waals surface area contributed by atoms with E-state index in [1.807, 2.05) is 30.5 Å². The van der Waals surface area contributed by atoms with Crippen molar-refractivity contribution in [3.05, 3.63) is 42.1 Å². The number of nitrogens with zero attached hydrogens (tertiary/aromatic N) is 1. The summed E-state index contributed by atoms with van der Waals surface area (Å²) < 4.78 is 0. The molecule has 0 aliphatic heterocycles. The monoisotopic (exact) mass is 214 g/mol. The third-order valence-corrected chi connectivity index (χ3v) is 2.95. The summed E-state index contributed by atoms with van der Waals surface area (Å²) in [5.41, 5.74) is 8.47. The standard InChI is InChI=1S/C14H18N2/c1-2-3-7-13(15)11-9-10-16-14-8-5-4-6-12(11)14/h4-6,8-10,13H,2-3,7,15H2,1H3/t13-/m0/s1. The smallest absolute Gasteiger partial charge is 0.0705 e. The maximum atomic E-state index is 6.22. The number of fused-ring (bicyclic) bond motifs is 1. The second-order valence-corrected chi connectivity index (χ2v) is 4.17. The van der Waals surface area contributed by atoms with E-state index in [4.69, 9.17) is 5.73 Å². The van der Waals surface area contributed by atoms with Gasteiger partial charge in [0.1, 0.15) is 0 Å². The van der Waals surface area contributed by atoms with Gasteiger partial charge in [-0.2, -0.15) is 0 Å². The number of benzene rings is 1. The first-order chi connectivity index (χ1) is 7.83. The Balaban J connectivity index is 2.36. The minimum atomic E-state index is 0.132. The van der Waals surface area contributed by atoms with Crippen molar-refractivity contribution < 1.29 is 0 Å². The van der Waals surface area contributed by atoms with Crippen LogP contribution in [0.1, 0.15) is 37.8 Å². The second kappa shape index (κ2) is 5.08. The molecule has 0 aliphatic carbocycles. The maximum Gasteiger partial charge on any atom is 0.0705 e. The van der Waals surface area contributed by atoms with E-state index in [0.717, 1.165) is 11.9 Å². The van der Waals surface area contributed by atoms with E-state index in [-0.39, 0.29) is 6.04 Å². The van der Waals surface area contributed by atoms with Crippen LogP contribution in [-0.2, 0) is 0 Å². The van der Waals surface area contributed by atoms with Gasteiger partial charge < -0.3 is 5.73 Å². The number of hydrogen-bond donors (Lipinski definition) is 1. The molecule has 0 radical (unpaired) electrons. The van der Waals surface area contributed by atoms with Crippen LogP contribution < -0.4 is 5.73 Å². The Morgan fingerprint density at radius 2 is 2.06 bits per heavy atom. The molecule has 16 heavy (non-hydrogen) atoms. The summed E-state index contributed by atoms with van der Waals surface area (Å²) in [5, 5.41) is 1.19. The van der Waals surface area contributed by atoms with Gasteiger partial charge in [0, 0.05) is 17.6 Å². The predicted octanol–water partition coefficient (Wildman–Crippen LogP) is 3.42. The number of para-hydroxylation sites is 1. The fraction of sp³-hybridized carbons (Fsp3) is 0.357. The van der Waals surface area contributed by atoms with Crippen molar-refractivity contribution in [2.75, 3.05) is 0 Å². The summed E-state index contributed by atoms with van der Waals surface area (Å²) in [6.07, 6.45) is 5.27. The first kappa shape index (κ1) is 11.1. The van der Waals surface area contributed by atoms with E-state index in [1.54, 1.807) is 0 Å². The van der Waals surface area contributed by atoms with Gasteiger partial charge in [0.25, 0.3) is 0 Å². The van der Waals surface area contributed by atoms with Crippen molar-refractivity contribution in [2.45, 2.75) is 32.2 Å². The number of hydrogen-bond acceptors (Lipinski definition) is 2. The Morgan fingerprint density at radius 3 is 2.88 bits per heavy atom. The van der Waals surface area contributed by atoms with E-state index in [1.165, 1.54) is 23.8 Å². The van der Waals surface area contributed by atoms with Gasteiger partial charge in [-0.05, 0) is 24.1 Å². The first-order valence-corrected chi connectivity index (χ1v) is 5.92. The van der Waals surface area contributed by atoms with E-state index in [0.29, 0.717) is 0 Å². The van der Waals surface area contributed by atoms with Crippen molar-refractivity contribution in [1.82, 2.24) is 4.98 Å². The first-order valence-electron chi connectivity index (χ1n) is 5.92. The molecule has 1 heterocycles. The minimum absolute atomic E-state index is 0.132. The van der Waals surface area contributed by atoms with Crippen molar-refractivity contribution in [3.8, 4) is 0 Å². The minimum Gasteiger partial charge on any atom is -0.324 e. The lowest BCUT2D eigenvalue weighted by Crippen LogP contribution is -2.10. The highest BCUT2D eigenvalue weighted by Crippen LogP contribution is 2.24. The van der Waals surface area contributed by atoms with Gasteiger partial charge in [0.2, 0.25) is 0 Å². The van der Waals surface area contributed by atoms with E-state index in [9.17, 15) is 0 Å². The van der Waals surface area contributed by atoms with Crippen molar-refractivity contribution >= 4 is 10.9 Å². The third-order valence-electron chi connectivity index (χ3n) is 2.95. The van der Waals surface area contributed by atoms with Crippen LogP contribution in [0.15, 0.2) is 36.5 Å². The molecule has 1 atom stereocenters. The zero-order valence-electron chi connectivity index (χ0n) is 9.69. The fourth-order valence-electron chi connectivity index (χ4n) is 2.02. The summed E-state index contributed by atoms with van der Waals surface area (Å²) in [5.74, 6) is 0. The largest absolute Gasteiger partial charge is 0.324 e. The van der Waals surface area contributed by atoms with Crippen LogP contribution in [0.2, 0.25) is 0 Å². The van der Waals surface area contributed by atoms with Gasteiger partial charge in [-0.1, -0.05) is 38.0 Å². The lowest BCUT2D eigenvalue weighted by atomic mass is 9.99. The zero-order valence-corrected chi connectivity index (χ0v) is 9.69. The number of rotatable bonds is 4. The normalized spacial score (nSPS) is 12.9. The van der Waals surface area contributed by atoms with Gasteiger partial charge in [-0.15, -0.1) is 0 Å². The molecular weight excluding hydrogens is 196 g/mol. The lowest BCUT2D eigenvalue weighted by molar-refractivity contribution is 0.606. The molecule has 2 nitrogen and oxygen atoms in total. The summed E-state index contributed by atoms with van der Waals surface area (Å²) >= 11 is 0. The molecule has 0 spiro atoms. The molecule has 0 bridgehead atoms. The molecule has 0 fully saturated rings. The zero-order chi connectivity index (χ0) is 11.4. The number of unbranched alkanes of at least 4 members (excludes halogenated alkanes) is 1. The number of nitrogens with two attached hydrogens (primary N) is 1. The number of aromatic nitrogens is 1. The average Bonchev–Trinajstić information content (AvgIpc) is 2.35. The molecule has 0 saturated carbocycles. The molecule has 0 unspecified atom stereocenters. The van der Waals surface area contributed by atoms with Crippen LogP contribution in [0.3, 0.4) is 0 Å². The Kier molecular flexibility index (Phi) is 3.52. The Morgan fingerprint density at radius 1 is 1.25 bits per heavy atom. The molecule has 0 aliphatic rings. The molecule has 1 aromatic carbocycles. The summed E-state index contributed by atoms with van der Waals surface area (Å²) in [4.78, 5) is 4.35. The average molecular weight is 214 g/mol.